The Hall–Kier alpha value is -1.25. The average Bonchev–Trinajstić information content (AvgIpc) is 2.23. The van der Waals surface area contributed by atoms with Crippen LogP contribution in [0.5, 0.6) is 0 Å². The van der Waals surface area contributed by atoms with Crippen LogP contribution in [0, 0.1) is 0 Å². The predicted molar refractivity (Wildman–Crippen MR) is 47.6 cm³/mol. The van der Waals surface area contributed by atoms with Gasteiger partial charge in [0, 0.05) is 0 Å². The number of halogens is 6. The second kappa shape index (κ2) is 6.07. The minimum atomic E-state index is -5.93. The lowest BCUT2D eigenvalue weighted by molar-refractivity contribution is -0.366. The van der Waals surface area contributed by atoms with Gasteiger partial charge in [-0.1, -0.05) is 6.58 Å². The van der Waals surface area contributed by atoms with E-state index in [-0.39, 0.29) is 6.61 Å². The second-order valence-electron chi connectivity index (χ2n) is 3.06. The molecule has 1 atom stereocenters. The maximum atomic E-state index is 12.9. The molecule has 0 aliphatic heterocycles. The van der Waals surface area contributed by atoms with Crippen LogP contribution in [0.1, 0.15) is 6.92 Å². The molecule has 0 aromatic rings. The molecule has 0 fully saturated rings. The summed E-state index contributed by atoms with van der Waals surface area (Å²) in [6, 6.07) is 0. The summed E-state index contributed by atoms with van der Waals surface area (Å²) >= 11 is 0. The first-order valence-corrected chi connectivity index (χ1v) is 4.58. The summed E-state index contributed by atoms with van der Waals surface area (Å²) in [5.74, 6) is -6.31. The number of alkyl halides is 6. The van der Waals surface area contributed by atoms with Crippen molar-refractivity contribution in [2.75, 3.05) is 13.2 Å². The molecule has 0 spiro atoms. The van der Waals surface area contributed by atoms with E-state index in [0.717, 1.165) is 0 Å². The molecule has 0 radical (unpaired) electrons. The molecule has 0 rings (SSSR count). The Morgan fingerprint density at radius 3 is 2.11 bits per heavy atom. The molecule has 0 aromatic heterocycles. The van der Waals surface area contributed by atoms with Crippen LogP contribution in [0.4, 0.5) is 26.3 Å². The Labute approximate surface area is 98.4 Å². The van der Waals surface area contributed by atoms with Gasteiger partial charge in [0.2, 0.25) is 0 Å². The largest absolute Gasteiger partial charge is 0.463 e. The van der Waals surface area contributed by atoms with E-state index in [1.807, 2.05) is 0 Å². The van der Waals surface area contributed by atoms with E-state index in [9.17, 15) is 31.1 Å². The molecule has 0 aliphatic rings. The number of ether oxygens (including phenoxy) is 2. The molecule has 9 heteroatoms. The van der Waals surface area contributed by atoms with Gasteiger partial charge in [0.15, 0.2) is 0 Å². The predicted octanol–water partition coefficient (Wildman–Crippen LogP) is 2.62. The number of hydrogen-bond donors (Lipinski definition) is 0. The van der Waals surface area contributed by atoms with Gasteiger partial charge in [0.1, 0.15) is 0 Å². The number of hydrogen-bond acceptors (Lipinski definition) is 3. The zero-order chi connectivity index (χ0) is 14.6. The molecule has 0 heterocycles. The molecule has 0 saturated heterocycles. The van der Waals surface area contributed by atoms with Gasteiger partial charge >= 0.3 is 24.4 Å². The van der Waals surface area contributed by atoms with Crippen molar-refractivity contribution in [3.63, 3.8) is 0 Å². The van der Waals surface area contributed by atoms with Gasteiger partial charge in [-0.05, 0) is 6.92 Å². The maximum absolute atomic E-state index is 12.9. The molecule has 1 unspecified atom stereocenters. The molecule has 0 N–H and O–H groups in total. The van der Waals surface area contributed by atoms with E-state index < -0.39 is 36.6 Å². The first-order chi connectivity index (χ1) is 8.06. The molecule has 0 saturated carbocycles. The Morgan fingerprint density at radius 1 is 1.28 bits per heavy atom. The summed E-state index contributed by atoms with van der Waals surface area (Å²) in [4.78, 5) is 10.9. The van der Waals surface area contributed by atoms with Gasteiger partial charge in [0.05, 0.1) is 18.8 Å². The Morgan fingerprint density at radius 2 is 1.78 bits per heavy atom. The summed E-state index contributed by atoms with van der Waals surface area (Å²) in [5, 5.41) is 0. The van der Waals surface area contributed by atoms with E-state index in [1.54, 1.807) is 0 Å². The lowest BCUT2D eigenvalue weighted by Gasteiger charge is -2.26. The number of rotatable bonds is 6. The highest BCUT2D eigenvalue weighted by molar-refractivity contribution is 5.87. The lowest BCUT2D eigenvalue weighted by Crippen LogP contribution is -2.50. The maximum Gasteiger partial charge on any atom is 0.454 e. The normalized spacial score (nSPS) is 15.3. The van der Waals surface area contributed by atoms with Gasteiger partial charge in [-0.15, -0.1) is 0 Å². The van der Waals surface area contributed by atoms with Crippen LogP contribution >= 0.6 is 0 Å². The van der Waals surface area contributed by atoms with Crippen molar-refractivity contribution in [3.05, 3.63) is 12.2 Å². The molecule has 3 nitrogen and oxygen atoms in total. The fraction of sp³-hybridized carbons (Fsp3) is 0.667. The molecule has 106 valence electrons. The van der Waals surface area contributed by atoms with E-state index in [0.29, 0.717) is 0 Å². The highest BCUT2D eigenvalue weighted by Gasteiger charge is 2.64. The zero-order valence-electron chi connectivity index (χ0n) is 9.19. The lowest BCUT2D eigenvalue weighted by atomic mass is 10.3. The summed E-state index contributed by atoms with van der Waals surface area (Å²) < 4.78 is 80.8. The van der Waals surface area contributed by atoms with Gasteiger partial charge in [-0.25, -0.2) is 13.6 Å². The summed E-state index contributed by atoms with van der Waals surface area (Å²) in [6.45, 7) is 2.88. The third-order valence-electron chi connectivity index (χ3n) is 1.69. The molecule has 18 heavy (non-hydrogen) atoms. The minimum absolute atomic E-state index is 0.104. The van der Waals surface area contributed by atoms with Crippen molar-refractivity contribution < 1.29 is 40.6 Å². The highest BCUT2D eigenvalue weighted by atomic mass is 19.4. The van der Waals surface area contributed by atoms with E-state index in [2.05, 4.69) is 16.1 Å². The fourth-order valence-corrected chi connectivity index (χ4v) is 0.753. The molecular weight excluding hydrogens is 270 g/mol. The topological polar surface area (TPSA) is 35.5 Å². The average molecular weight is 280 g/mol. The van der Waals surface area contributed by atoms with Gasteiger partial charge in [-0.2, -0.15) is 17.6 Å². The van der Waals surface area contributed by atoms with Crippen molar-refractivity contribution in [1.29, 1.82) is 0 Å². The third kappa shape index (κ3) is 3.90. The minimum Gasteiger partial charge on any atom is -0.463 e. The quantitative estimate of drug-likeness (QED) is 0.426. The van der Waals surface area contributed by atoms with Crippen molar-refractivity contribution in [3.8, 4) is 0 Å². The Balaban J connectivity index is 4.66. The van der Waals surface area contributed by atoms with Crippen LogP contribution in [0.15, 0.2) is 12.2 Å². The standard InChI is InChI=1S/C9H10F6O3/c1-3-17-6(16)5(2)4-18-8(12,7(10)11)9(13,14)15/h7H,2-4H2,1H3. The van der Waals surface area contributed by atoms with Crippen LogP contribution in [-0.4, -0.2) is 37.6 Å². The van der Waals surface area contributed by atoms with Crippen molar-refractivity contribution in [2.45, 2.75) is 25.4 Å². The summed E-state index contributed by atoms with van der Waals surface area (Å²) in [5.41, 5.74) is -0.705. The van der Waals surface area contributed by atoms with Crippen LogP contribution in [0.2, 0.25) is 0 Å². The number of esters is 1. The molecule has 0 amide bonds. The Bertz CT molecular complexity index is 314. The highest BCUT2D eigenvalue weighted by Crippen LogP contribution is 2.40. The van der Waals surface area contributed by atoms with Crippen LogP contribution in [0.3, 0.4) is 0 Å². The van der Waals surface area contributed by atoms with Crippen molar-refractivity contribution in [2.24, 2.45) is 0 Å². The van der Waals surface area contributed by atoms with E-state index >= 15 is 0 Å². The monoisotopic (exact) mass is 280 g/mol. The number of carbonyl (C=O) groups excluding carboxylic acids is 1. The first kappa shape index (κ1) is 16.8. The summed E-state index contributed by atoms with van der Waals surface area (Å²) in [6.07, 6.45) is -10.4. The molecular formula is C9H10F6O3. The van der Waals surface area contributed by atoms with E-state index in [1.165, 1.54) is 6.92 Å². The molecule has 0 aliphatic carbocycles. The first-order valence-electron chi connectivity index (χ1n) is 4.58. The smallest absolute Gasteiger partial charge is 0.454 e. The summed E-state index contributed by atoms with van der Waals surface area (Å²) in [7, 11) is 0. The van der Waals surface area contributed by atoms with E-state index in [4.69, 9.17) is 0 Å². The zero-order valence-corrected chi connectivity index (χ0v) is 9.19. The van der Waals surface area contributed by atoms with Gasteiger partial charge in [0.25, 0.3) is 0 Å². The molecule has 0 bridgehead atoms. The van der Waals surface area contributed by atoms with Crippen molar-refractivity contribution >= 4 is 5.97 Å². The van der Waals surface area contributed by atoms with Crippen LogP contribution < -0.4 is 0 Å². The second-order valence-corrected chi connectivity index (χ2v) is 3.06. The SMILES string of the molecule is C=C(COC(F)(C(F)F)C(F)(F)F)C(=O)OCC. The van der Waals surface area contributed by atoms with Crippen molar-refractivity contribution in [1.82, 2.24) is 0 Å². The number of carbonyl (C=O) groups is 1. The van der Waals surface area contributed by atoms with Crippen LogP contribution in [0.25, 0.3) is 0 Å². The third-order valence-corrected chi connectivity index (χ3v) is 1.69. The van der Waals surface area contributed by atoms with Crippen LogP contribution in [-0.2, 0) is 14.3 Å². The van der Waals surface area contributed by atoms with Gasteiger partial charge in [-0.3, -0.25) is 0 Å². The van der Waals surface area contributed by atoms with Gasteiger partial charge < -0.3 is 9.47 Å². The fourth-order valence-electron chi connectivity index (χ4n) is 0.753. The molecule has 0 aromatic carbocycles. The Kier molecular flexibility index (Phi) is 5.65.